The van der Waals surface area contributed by atoms with E-state index < -0.39 is 0 Å². The Morgan fingerprint density at radius 1 is 0.864 bits per heavy atom. The summed E-state index contributed by atoms with van der Waals surface area (Å²) < 4.78 is 5.03. The zero-order chi connectivity index (χ0) is 15.4. The van der Waals surface area contributed by atoms with Crippen LogP contribution in [0.2, 0.25) is 0 Å². The van der Waals surface area contributed by atoms with Gasteiger partial charge in [-0.25, -0.2) is 0 Å². The van der Waals surface area contributed by atoms with Crippen molar-refractivity contribution in [2.24, 2.45) is 5.92 Å². The first kappa shape index (κ1) is 14.7. The highest BCUT2D eigenvalue weighted by molar-refractivity contribution is 5.64. The van der Waals surface area contributed by atoms with E-state index in [4.69, 9.17) is 11.2 Å². The van der Waals surface area contributed by atoms with Gasteiger partial charge in [0.05, 0.1) is 0 Å². The van der Waals surface area contributed by atoms with Gasteiger partial charge in [0.25, 0.3) is 0 Å². The fourth-order valence-corrected chi connectivity index (χ4v) is 3.32. The van der Waals surface area contributed by atoms with E-state index in [1.807, 2.05) is 24.3 Å². The van der Waals surface area contributed by atoms with Gasteiger partial charge in [-0.3, -0.25) is 0 Å². The molecule has 22 heavy (non-hydrogen) atoms. The molecule has 0 unspecified atom stereocenters. The number of hydrogen-bond donors (Lipinski definition) is 0. The van der Waals surface area contributed by atoms with Crippen molar-refractivity contribution < 1.29 is 4.74 Å². The van der Waals surface area contributed by atoms with Crippen molar-refractivity contribution >= 4 is 0 Å². The predicted molar refractivity (Wildman–Crippen MR) is 91.7 cm³/mol. The van der Waals surface area contributed by atoms with Crippen LogP contribution in [0.1, 0.15) is 44.1 Å². The molecule has 0 aliphatic heterocycles. The maximum absolute atomic E-state index is 5.13. The Morgan fingerprint density at radius 2 is 1.41 bits per heavy atom. The Labute approximate surface area is 133 Å². The second-order valence-corrected chi connectivity index (χ2v) is 6.32. The topological polar surface area (TPSA) is 9.23 Å². The first-order chi connectivity index (χ1) is 10.8. The summed E-state index contributed by atoms with van der Waals surface area (Å²) in [6.45, 7) is 2.37. The smallest absolute Gasteiger partial charge is 0.140 e. The van der Waals surface area contributed by atoms with E-state index in [0.29, 0.717) is 5.75 Å². The van der Waals surface area contributed by atoms with Crippen LogP contribution in [0.25, 0.3) is 11.1 Å². The Kier molecular flexibility index (Phi) is 4.49. The van der Waals surface area contributed by atoms with Crippen molar-refractivity contribution in [3.8, 4) is 29.4 Å². The van der Waals surface area contributed by atoms with Gasteiger partial charge in [0.1, 0.15) is 11.9 Å². The molecule has 0 aromatic heterocycles. The molecule has 1 saturated carbocycles. The van der Waals surface area contributed by atoms with Crippen molar-refractivity contribution in [2.45, 2.75) is 38.5 Å². The lowest BCUT2D eigenvalue weighted by Gasteiger charge is -2.26. The second-order valence-electron chi connectivity index (χ2n) is 6.32. The molecule has 1 fully saturated rings. The van der Waals surface area contributed by atoms with Gasteiger partial charge in [0, 0.05) is 0 Å². The van der Waals surface area contributed by atoms with E-state index in [2.05, 4.69) is 37.3 Å². The number of rotatable bonds is 3. The third-order valence-corrected chi connectivity index (χ3v) is 4.76. The van der Waals surface area contributed by atoms with Crippen molar-refractivity contribution in [2.75, 3.05) is 0 Å². The minimum Gasteiger partial charge on any atom is -0.408 e. The summed E-state index contributed by atoms with van der Waals surface area (Å²) in [4.78, 5) is 0. The van der Waals surface area contributed by atoms with E-state index in [-0.39, 0.29) is 0 Å². The molecule has 0 bridgehead atoms. The summed E-state index contributed by atoms with van der Waals surface area (Å²) in [5.41, 5.74) is 3.91. The van der Waals surface area contributed by atoms with Crippen LogP contribution in [0.3, 0.4) is 0 Å². The third kappa shape index (κ3) is 3.34. The molecule has 0 radical (unpaired) electrons. The molecule has 1 nitrogen and oxygen atoms in total. The number of hydrogen-bond acceptors (Lipinski definition) is 1. The molecular weight excluding hydrogens is 268 g/mol. The first-order valence-electron chi connectivity index (χ1n) is 8.09. The van der Waals surface area contributed by atoms with Gasteiger partial charge in [0.15, 0.2) is 0 Å². The average molecular weight is 290 g/mol. The van der Waals surface area contributed by atoms with Gasteiger partial charge in [-0.05, 0) is 53.5 Å². The zero-order valence-electron chi connectivity index (χ0n) is 13.1. The lowest BCUT2D eigenvalue weighted by molar-refractivity contribution is 0.348. The Balaban J connectivity index is 1.72. The molecule has 0 N–H and O–H groups in total. The SMILES string of the molecule is C#COc1ccc(-c2ccc(C3CCC(C)CC3)cc2)cc1. The average Bonchev–Trinajstić information content (AvgIpc) is 2.57. The summed E-state index contributed by atoms with van der Waals surface area (Å²) in [6, 6.07) is 16.9. The predicted octanol–water partition coefficient (Wildman–Crippen LogP) is 5.62. The molecule has 2 aromatic carbocycles. The molecule has 1 aliphatic carbocycles. The lowest BCUT2D eigenvalue weighted by atomic mass is 9.79. The fourth-order valence-electron chi connectivity index (χ4n) is 3.32. The van der Waals surface area contributed by atoms with Gasteiger partial charge in [-0.15, -0.1) is 0 Å². The van der Waals surface area contributed by atoms with Gasteiger partial charge in [0.2, 0.25) is 0 Å². The van der Waals surface area contributed by atoms with E-state index in [9.17, 15) is 0 Å². The van der Waals surface area contributed by atoms with Crippen LogP contribution < -0.4 is 4.74 Å². The van der Waals surface area contributed by atoms with E-state index >= 15 is 0 Å². The zero-order valence-corrected chi connectivity index (χ0v) is 13.1. The molecule has 0 spiro atoms. The summed E-state index contributed by atoms with van der Waals surface area (Å²) in [5.74, 6) is 2.36. The minimum atomic E-state index is 0.708. The molecule has 0 heterocycles. The van der Waals surface area contributed by atoms with E-state index in [1.54, 1.807) is 0 Å². The van der Waals surface area contributed by atoms with Crippen LogP contribution in [0.5, 0.6) is 5.75 Å². The standard InChI is InChI=1S/C21H22O/c1-3-22-21-14-12-20(13-15-21)19-10-8-18(9-11-19)17-6-4-16(2)5-7-17/h1,8-17H,4-7H2,2H3. The van der Waals surface area contributed by atoms with Crippen molar-refractivity contribution in [1.82, 2.24) is 0 Å². The molecule has 1 aliphatic rings. The van der Waals surface area contributed by atoms with Crippen LogP contribution in [0.15, 0.2) is 48.5 Å². The Bertz CT molecular complexity index is 638. The number of benzene rings is 2. The molecule has 3 rings (SSSR count). The van der Waals surface area contributed by atoms with E-state index in [1.165, 1.54) is 42.4 Å². The quantitative estimate of drug-likeness (QED) is 0.667. The van der Waals surface area contributed by atoms with E-state index in [0.717, 1.165) is 11.8 Å². The van der Waals surface area contributed by atoms with Gasteiger partial charge >= 0.3 is 0 Å². The first-order valence-corrected chi connectivity index (χ1v) is 8.09. The van der Waals surface area contributed by atoms with Gasteiger partial charge < -0.3 is 4.74 Å². The molecule has 0 amide bonds. The highest BCUT2D eigenvalue weighted by Gasteiger charge is 2.19. The summed E-state index contributed by atoms with van der Waals surface area (Å²) in [7, 11) is 0. The lowest BCUT2D eigenvalue weighted by Crippen LogP contribution is -2.10. The highest BCUT2D eigenvalue weighted by Crippen LogP contribution is 2.36. The normalized spacial score (nSPS) is 21.1. The van der Waals surface area contributed by atoms with Crippen molar-refractivity contribution in [3.05, 3.63) is 54.1 Å². The minimum absolute atomic E-state index is 0.708. The molecular formula is C21H22O. The Morgan fingerprint density at radius 3 is 1.95 bits per heavy atom. The van der Waals surface area contributed by atoms with Crippen LogP contribution in [0, 0.1) is 18.4 Å². The van der Waals surface area contributed by atoms with Gasteiger partial charge in [-0.2, -0.15) is 0 Å². The molecule has 1 heteroatoms. The maximum Gasteiger partial charge on any atom is 0.140 e. The summed E-state index contributed by atoms with van der Waals surface area (Å²) in [6.07, 6.45) is 12.7. The molecule has 0 saturated heterocycles. The van der Waals surface area contributed by atoms with Gasteiger partial charge in [-0.1, -0.05) is 62.6 Å². The monoisotopic (exact) mass is 290 g/mol. The summed E-state index contributed by atoms with van der Waals surface area (Å²) >= 11 is 0. The summed E-state index contributed by atoms with van der Waals surface area (Å²) in [5, 5.41) is 0. The highest BCUT2D eigenvalue weighted by atomic mass is 16.5. The van der Waals surface area contributed by atoms with Crippen LogP contribution in [-0.2, 0) is 0 Å². The fraction of sp³-hybridized carbons (Fsp3) is 0.333. The Hall–Kier alpha value is -2.20. The maximum atomic E-state index is 5.13. The second kappa shape index (κ2) is 6.71. The van der Waals surface area contributed by atoms with Crippen LogP contribution in [-0.4, -0.2) is 0 Å². The molecule has 2 aromatic rings. The molecule has 0 atom stereocenters. The number of terminal acetylenes is 1. The third-order valence-electron chi connectivity index (χ3n) is 4.76. The van der Waals surface area contributed by atoms with Crippen molar-refractivity contribution in [3.63, 3.8) is 0 Å². The largest absolute Gasteiger partial charge is 0.408 e. The van der Waals surface area contributed by atoms with Crippen LogP contribution >= 0.6 is 0 Å². The van der Waals surface area contributed by atoms with Crippen molar-refractivity contribution in [1.29, 1.82) is 0 Å². The number of ether oxygens (including phenoxy) is 1. The molecule has 112 valence electrons. The van der Waals surface area contributed by atoms with Crippen LogP contribution in [0.4, 0.5) is 0 Å².